The molecule has 0 fully saturated rings. The van der Waals surface area contributed by atoms with Crippen molar-refractivity contribution < 1.29 is 23.5 Å². The lowest BCUT2D eigenvalue weighted by Crippen LogP contribution is -2.42. The number of rotatable bonds is 9. The van der Waals surface area contributed by atoms with Crippen LogP contribution in [-0.2, 0) is 17.9 Å². The maximum Gasteiger partial charge on any atom is 0.254 e. The molecule has 178 valence electrons. The lowest BCUT2D eigenvalue weighted by atomic mass is 10.1. The standard InChI is InChI=1S/C26H27BrN2O5/c1-3-12-28(26(31)20-6-8-21(27)9-7-20)16-25(30)29(15-22-10-4-18(2)34-22)14-19-5-11-23-24(13-19)33-17-32-23/h4-11,13H,3,12,14-17H2,1-2H3. The quantitative estimate of drug-likeness (QED) is 0.385. The van der Waals surface area contributed by atoms with Gasteiger partial charge in [0.2, 0.25) is 12.7 Å². The van der Waals surface area contributed by atoms with Crippen molar-refractivity contribution in [3.05, 3.63) is 81.7 Å². The van der Waals surface area contributed by atoms with Gasteiger partial charge in [-0.1, -0.05) is 28.9 Å². The molecule has 2 amide bonds. The Bertz CT molecular complexity index is 1160. The molecule has 0 N–H and O–H groups in total. The first kappa shape index (κ1) is 23.9. The third-order valence-electron chi connectivity index (χ3n) is 5.50. The fourth-order valence-corrected chi connectivity index (χ4v) is 4.08. The van der Waals surface area contributed by atoms with Crippen LogP contribution in [0.5, 0.6) is 11.5 Å². The van der Waals surface area contributed by atoms with E-state index in [0.29, 0.717) is 42.5 Å². The van der Waals surface area contributed by atoms with Crippen molar-refractivity contribution in [3.8, 4) is 11.5 Å². The van der Waals surface area contributed by atoms with Crippen LogP contribution in [0.2, 0.25) is 0 Å². The molecule has 3 aromatic rings. The van der Waals surface area contributed by atoms with Crippen LogP contribution in [0.15, 0.2) is 63.5 Å². The zero-order valence-electron chi connectivity index (χ0n) is 19.3. The first-order chi connectivity index (χ1) is 16.4. The maximum atomic E-state index is 13.5. The summed E-state index contributed by atoms with van der Waals surface area (Å²) < 4.78 is 17.5. The van der Waals surface area contributed by atoms with Gasteiger partial charge in [0.15, 0.2) is 11.5 Å². The molecule has 0 saturated carbocycles. The van der Waals surface area contributed by atoms with E-state index in [9.17, 15) is 9.59 Å². The van der Waals surface area contributed by atoms with E-state index in [-0.39, 0.29) is 25.2 Å². The monoisotopic (exact) mass is 526 g/mol. The Labute approximate surface area is 207 Å². The minimum atomic E-state index is -0.167. The summed E-state index contributed by atoms with van der Waals surface area (Å²) in [4.78, 5) is 29.9. The number of aryl methyl sites for hydroxylation is 1. The van der Waals surface area contributed by atoms with Crippen LogP contribution in [-0.4, -0.2) is 41.5 Å². The fourth-order valence-electron chi connectivity index (χ4n) is 3.81. The zero-order valence-corrected chi connectivity index (χ0v) is 20.8. The summed E-state index contributed by atoms with van der Waals surface area (Å²) >= 11 is 3.39. The molecule has 0 spiro atoms. The highest BCUT2D eigenvalue weighted by Crippen LogP contribution is 2.33. The maximum absolute atomic E-state index is 13.5. The molecule has 2 heterocycles. The predicted octanol–water partition coefficient (Wildman–Crippen LogP) is 5.16. The van der Waals surface area contributed by atoms with Gasteiger partial charge in [0.1, 0.15) is 18.1 Å². The lowest BCUT2D eigenvalue weighted by Gasteiger charge is -2.27. The number of furan rings is 1. The first-order valence-electron chi connectivity index (χ1n) is 11.2. The molecular weight excluding hydrogens is 500 g/mol. The average molecular weight is 527 g/mol. The van der Waals surface area contributed by atoms with Gasteiger partial charge in [-0.25, -0.2) is 0 Å². The molecule has 7 nitrogen and oxygen atoms in total. The number of carbonyl (C=O) groups excluding carboxylic acids is 2. The Morgan fingerprint density at radius 1 is 0.941 bits per heavy atom. The Kier molecular flexibility index (Phi) is 7.57. The molecule has 0 saturated heterocycles. The summed E-state index contributed by atoms with van der Waals surface area (Å²) in [5, 5.41) is 0. The number of amides is 2. The second-order valence-electron chi connectivity index (χ2n) is 8.18. The van der Waals surface area contributed by atoms with Crippen LogP contribution in [0.3, 0.4) is 0 Å². The lowest BCUT2D eigenvalue weighted by molar-refractivity contribution is -0.133. The van der Waals surface area contributed by atoms with E-state index in [1.807, 2.05) is 56.3 Å². The highest BCUT2D eigenvalue weighted by molar-refractivity contribution is 9.10. The second kappa shape index (κ2) is 10.8. The normalized spacial score (nSPS) is 12.0. The molecule has 2 aromatic carbocycles. The van der Waals surface area contributed by atoms with Crippen molar-refractivity contribution in [3.63, 3.8) is 0 Å². The van der Waals surface area contributed by atoms with Crippen LogP contribution < -0.4 is 9.47 Å². The van der Waals surface area contributed by atoms with E-state index < -0.39 is 0 Å². The molecule has 4 rings (SSSR count). The highest BCUT2D eigenvalue weighted by Gasteiger charge is 2.24. The molecule has 8 heteroatoms. The van der Waals surface area contributed by atoms with Gasteiger partial charge in [-0.2, -0.15) is 0 Å². The number of carbonyl (C=O) groups is 2. The summed E-state index contributed by atoms with van der Waals surface area (Å²) in [6.45, 7) is 5.16. The van der Waals surface area contributed by atoms with Gasteiger partial charge in [0.25, 0.3) is 5.91 Å². The Hall–Kier alpha value is -3.26. The minimum Gasteiger partial charge on any atom is -0.464 e. The van der Waals surface area contributed by atoms with Crippen LogP contribution in [0.25, 0.3) is 0 Å². The number of halogens is 1. The van der Waals surface area contributed by atoms with Crippen molar-refractivity contribution in [2.75, 3.05) is 19.9 Å². The summed E-state index contributed by atoms with van der Waals surface area (Å²) in [5.74, 6) is 2.50. The van der Waals surface area contributed by atoms with Gasteiger partial charge in [0, 0.05) is 23.1 Å². The van der Waals surface area contributed by atoms with Crippen molar-refractivity contribution in [2.45, 2.75) is 33.4 Å². The van der Waals surface area contributed by atoms with Crippen LogP contribution >= 0.6 is 15.9 Å². The molecule has 0 aliphatic carbocycles. The number of ether oxygens (including phenoxy) is 2. The van der Waals surface area contributed by atoms with E-state index in [1.54, 1.807) is 21.9 Å². The van der Waals surface area contributed by atoms with Gasteiger partial charge >= 0.3 is 0 Å². The molecule has 0 radical (unpaired) electrons. The van der Waals surface area contributed by atoms with Crippen LogP contribution in [0, 0.1) is 6.92 Å². The van der Waals surface area contributed by atoms with Crippen molar-refractivity contribution in [1.82, 2.24) is 9.80 Å². The van der Waals surface area contributed by atoms with Crippen molar-refractivity contribution in [2.24, 2.45) is 0 Å². The molecular formula is C26H27BrN2O5. The Morgan fingerprint density at radius 3 is 2.41 bits per heavy atom. The van der Waals surface area contributed by atoms with Gasteiger partial charge in [-0.3, -0.25) is 9.59 Å². The fraction of sp³-hybridized carbons (Fsp3) is 0.308. The Balaban J connectivity index is 1.54. The molecule has 34 heavy (non-hydrogen) atoms. The van der Waals surface area contributed by atoms with E-state index >= 15 is 0 Å². The summed E-state index contributed by atoms with van der Waals surface area (Å²) in [6.07, 6.45) is 0.745. The average Bonchev–Trinajstić information content (AvgIpc) is 3.46. The van der Waals surface area contributed by atoms with E-state index in [2.05, 4.69) is 15.9 Å². The van der Waals surface area contributed by atoms with E-state index in [1.165, 1.54) is 0 Å². The zero-order chi connectivity index (χ0) is 24.1. The first-order valence-corrected chi connectivity index (χ1v) is 12.0. The number of hydrogen-bond acceptors (Lipinski definition) is 5. The number of nitrogens with zero attached hydrogens (tertiary/aromatic N) is 2. The highest BCUT2D eigenvalue weighted by atomic mass is 79.9. The van der Waals surface area contributed by atoms with E-state index in [0.717, 1.165) is 22.2 Å². The topological polar surface area (TPSA) is 72.2 Å². The third kappa shape index (κ3) is 5.80. The van der Waals surface area contributed by atoms with Crippen LogP contribution in [0.4, 0.5) is 0 Å². The Morgan fingerprint density at radius 2 is 1.71 bits per heavy atom. The SMILES string of the molecule is CCCN(CC(=O)N(Cc1ccc2c(c1)OCO2)Cc1ccc(C)o1)C(=O)c1ccc(Br)cc1. The molecule has 1 aliphatic rings. The molecule has 1 aromatic heterocycles. The summed E-state index contributed by atoms with van der Waals surface area (Å²) in [6, 6.07) is 16.5. The number of hydrogen-bond donors (Lipinski definition) is 0. The van der Waals surface area contributed by atoms with Gasteiger partial charge in [-0.05, 0) is 67.4 Å². The molecule has 0 unspecified atom stereocenters. The van der Waals surface area contributed by atoms with Crippen LogP contribution in [0.1, 0.15) is 40.8 Å². The minimum absolute atomic E-state index is 0.0209. The van der Waals surface area contributed by atoms with Gasteiger partial charge < -0.3 is 23.7 Å². The smallest absolute Gasteiger partial charge is 0.254 e. The molecule has 0 atom stereocenters. The summed E-state index contributed by atoms with van der Waals surface area (Å²) in [5.41, 5.74) is 1.45. The largest absolute Gasteiger partial charge is 0.464 e. The van der Waals surface area contributed by atoms with Gasteiger partial charge in [-0.15, -0.1) is 0 Å². The van der Waals surface area contributed by atoms with Crippen molar-refractivity contribution >= 4 is 27.7 Å². The number of fused-ring (bicyclic) bond motifs is 1. The molecule has 0 bridgehead atoms. The van der Waals surface area contributed by atoms with Gasteiger partial charge in [0.05, 0.1) is 6.54 Å². The molecule has 1 aliphatic heterocycles. The summed E-state index contributed by atoms with van der Waals surface area (Å²) in [7, 11) is 0. The number of benzene rings is 2. The van der Waals surface area contributed by atoms with Crippen molar-refractivity contribution in [1.29, 1.82) is 0 Å². The predicted molar refractivity (Wildman–Crippen MR) is 131 cm³/mol. The second-order valence-corrected chi connectivity index (χ2v) is 9.10. The van der Waals surface area contributed by atoms with E-state index in [4.69, 9.17) is 13.9 Å². The third-order valence-corrected chi connectivity index (χ3v) is 6.03.